The molecule has 4 nitrogen and oxygen atoms in total. The first-order chi connectivity index (χ1) is 11.6. The molecule has 0 aliphatic carbocycles. The molecule has 3 heterocycles. The van der Waals surface area contributed by atoms with Crippen LogP contribution >= 0.6 is 23.5 Å². The SMILES string of the molecule is FC(F)c1ccc(NSc2ccc(C3COC3)o2)c2[nH]cc(Cl)c12. The third-order valence-corrected chi connectivity index (χ3v) is 5.00. The lowest BCUT2D eigenvalue weighted by Crippen LogP contribution is -2.24. The summed E-state index contributed by atoms with van der Waals surface area (Å²) in [5.74, 6) is 1.21. The van der Waals surface area contributed by atoms with Gasteiger partial charge in [0.1, 0.15) is 5.76 Å². The second-order valence-corrected chi connectivity index (χ2v) is 6.70. The number of aromatic amines is 1. The fourth-order valence-electron chi connectivity index (χ4n) is 2.61. The van der Waals surface area contributed by atoms with Gasteiger partial charge in [-0.15, -0.1) is 0 Å². The number of H-pyrrole nitrogens is 1. The van der Waals surface area contributed by atoms with Crippen LogP contribution < -0.4 is 4.72 Å². The van der Waals surface area contributed by atoms with Crippen molar-refractivity contribution in [2.24, 2.45) is 0 Å². The van der Waals surface area contributed by atoms with Crippen LogP contribution in [0.2, 0.25) is 5.02 Å². The van der Waals surface area contributed by atoms with Crippen molar-refractivity contribution in [1.29, 1.82) is 0 Å². The monoisotopic (exact) mass is 370 g/mol. The first-order valence-corrected chi connectivity index (χ1v) is 8.51. The normalized spacial score (nSPS) is 15.2. The lowest BCUT2D eigenvalue weighted by Gasteiger charge is -2.23. The van der Waals surface area contributed by atoms with E-state index in [9.17, 15) is 8.78 Å². The number of hydrogen-bond acceptors (Lipinski definition) is 4. The van der Waals surface area contributed by atoms with Crippen molar-refractivity contribution in [3.05, 3.63) is 46.8 Å². The van der Waals surface area contributed by atoms with E-state index in [1.54, 1.807) is 6.07 Å². The highest BCUT2D eigenvalue weighted by atomic mass is 35.5. The number of rotatable bonds is 5. The van der Waals surface area contributed by atoms with Crippen molar-refractivity contribution in [2.75, 3.05) is 17.9 Å². The third-order valence-electron chi connectivity index (χ3n) is 3.96. The molecule has 4 rings (SSSR count). The number of fused-ring (bicyclic) bond motifs is 1. The van der Waals surface area contributed by atoms with E-state index in [0.717, 1.165) is 5.76 Å². The first kappa shape index (κ1) is 15.8. The summed E-state index contributed by atoms with van der Waals surface area (Å²) in [5.41, 5.74) is 1.12. The molecule has 0 radical (unpaired) electrons. The Labute approximate surface area is 145 Å². The molecular formula is C16H13ClF2N2O2S. The van der Waals surface area contributed by atoms with Gasteiger partial charge in [0.25, 0.3) is 6.43 Å². The Morgan fingerprint density at radius 1 is 1.25 bits per heavy atom. The molecule has 1 aliphatic heterocycles. The van der Waals surface area contributed by atoms with Gasteiger partial charge in [0.15, 0.2) is 5.09 Å². The highest BCUT2D eigenvalue weighted by molar-refractivity contribution is 8.00. The third kappa shape index (κ3) is 2.76. The number of halogens is 3. The topological polar surface area (TPSA) is 50.2 Å². The summed E-state index contributed by atoms with van der Waals surface area (Å²) in [5, 5.41) is 1.31. The van der Waals surface area contributed by atoms with Gasteiger partial charge in [-0.2, -0.15) is 0 Å². The van der Waals surface area contributed by atoms with Crippen LogP contribution in [0.15, 0.2) is 40.0 Å². The van der Waals surface area contributed by atoms with Crippen molar-refractivity contribution in [1.82, 2.24) is 4.98 Å². The van der Waals surface area contributed by atoms with E-state index in [0.29, 0.717) is 40.8 Å². The number of hydrogen-bond donors (Lipinski definition) is 2. The summed E-state index contributed by atoms with van der Waals surface area (Å²) in [6, 6.07) is 6.79. The molecule has 0 amide bonds. The number of anilines is 1. The first-order valence-electron chi connectivity index (χ1n) is 7.31. The van der Waals surface area contributed by atoms with Gasteiger partial charge in [-0.05, 0) is 18.2 Å². The fraction of sp³-hybridized carbons (Fsp3) is 0.250. The average Bonchev–Trinajstić information content (AvgIpc) is 3.11. The molecule has 3 aromatic rings. The van der Waals surface area contributed by atoms with Crippen molar-refractivity contribution < 1.29 is 17.9 Å². The molecule has 2 aromatic heterocycles. The molecule has 1 fully saturated rings. The van der Waals surface area contributed by atoms with Crippen molar-refractivity contribution in [2.45, 2.75) is 17.4 Å². The van der Waals surface area contributed by atoms with E-state index < -0.39 is 6.43 Å². The lowest BCUT2D eigenvalue weighted by molar-refractivity contribution is -0.00133. The summed E-state index contributed by atoms with van der Waals surface area (Å²) in [6.07, 6.45) is -1.07. The molecule has 0 atom stereocenters. The van der Waals surface area contributed by atoms with Crippen LogP contribution in [-0.4, -0.2) is 18.2 Å². The van der Waals surface area contributed by atoms with Crippen LogP contribution in [-0.2, 0) is 4.74 Å². The van der Waals surface area contributed by atoms with E-state index >= 15 is 0 Å². The highest BCUT2D eigenvalue weighted by Crippen LogP contribution is 2.38. The number of ether oxygens (including phenoxy) is 1. The van der Waals surface area contributed by atoms with Gasteiger partial charge in [0.2, 0.25) is 0 Å². The average molecular weight is 371 g/mol. The van der Waals surface area contributed by atoms with E-state index in [4.69, 9.17) is 20.8 Å². The van der Waals surface area contributed by atoms with E-state index in [1.807, 2.05) is 12.1 Å². The Bertz CT molecular complexity index is 876. The second kappa shape index (κ2) is 6.31. The molecule has 1 aliphatic rings. The molecular weight excluding hydrogens is 358 g/mol. The van der Waals surface area contributed by atoms with Gasteiger partial charge < -0.3 is 18.9 Å². The minimum absolute atomic E-state index is 0.0860. The summed E-state index contributed by atoms with van der Waals surface area (Å²) in [6.45, 7) is 1.36. The Balaban J connectivity index is 1.56. The Hall–Kier alpha value is -1.70. The van der Waals surface area contributed by atoms with Gasteiger partial charge in [0.05, 0.1) is 35.4 Å². The van der Waals surface area contributed by atoms with E-state index in [-0.39, 0.29) is 10.6 Å². The number of furan rings is 1. The Morgan fingerprint density at radius 3 is 2.79 bits per heavy atom. The molecule has 0 saturated carbocycles. The largest absolute Gasteiger partial charge is 0.453 e. The summed E-state index contributed by atoms with van der Waals surface area (Å²) in [4.78, 5) is 2.94. The maximum atomic E-state index is 13.1. The molecule has 24 heavy (non-hydrogen) atoms. The summed E-state index contributed by atoms with van der Waals surface area (Å²) < 4.78 is 40.3. The molecule has 0 spiro atoms. The molecule has 8 heteroatoms. The van der Waals surface area contributed by atoms with Crippen LogP contribution in [0.5, 0.6) is 0 Å². The molecule has 0 bridgehead atoms. The van der Waals surface area contributed by atoms with Crippen molar-refractivity contribution >= 4 is 40.1 Å². The van der Waals surface area contributed by atoms with Gasteiger partial charge in [-0.25, -0.2) is 8.78 Å². The van der Waals surface area contributed by atoms with Crippen LogP contribution in [0, 0.1) is 0 Å². The fourth-order valence-corrected chi connectivity index (χ4v) is 3.53. The molecule has 2 N–H and O–H groups in total. The number of alkyl halides is 2. The number of nitrogens with one attached hydrogen (secondary N) is 2. The Kier molecular flexibility index (Phi) is 4.15. The lowest BCUT2D eigenvalue weighted by atomic mass is 10.1. The molecule has 0 unspecified atom stereocenters. The van der Waals surface area contributed by atoms with Gasteiger partial charge in [-0.3, -0.25) is 0 Å². The van der Waals surface area contributed by atoms with E-state index in [2.05, 4.69) is 9.71 Å². The zero-order valence-electron chi connectivity index (χ0n) is 12.3. The minimum atomic E-state index is -2.58. The highest BCUT2D eigenvalue weighted by Gasteiger charge is 2.24. The maximum Gasteiger partial charge on any atom is 0.264 e. The van der Waals surface area contributed by atoms with Gasteiger partial charge in [0, 0.05) is 29.1 Å². The zero-order chi connectivity index (χ0) is 16.7. The predicted molar refractivity (Wildman–Crippen MR) is 90.0 cm³/mol. The van der Waals surface area contributed by atoms with Gasteiger partial charge in [-0.1, -0.05) is 17.7 Å². The zero-order valence-corrected chi connectivity index (χ0v) is 13.9. The minimum Gasteiger partial charge on any atom is -0.453 e. The Morgan fingerprint density at radius 2 is 2.08 bits per heavy atom. The standard InChI is InChI=1S/C16H13ClF2N2O2S/c17-10-5-20-15-11(2-1-9(14(10)15)16(18)19)21-24-13-4-3-12(23-13)8-6-22-7-8/h1-5,8,16,20-21H,6-7H2. The van der Waals surface area contributed by atoms with Crippen molar-refractivity contribution in [3.8, 4) is 0 Å². The maximum absolute atomic E-state index is 13.1. The summed E-state index contributed by atoms with van der Waals surface area (Å²) in [7, 11) is 0. The summed E-state index contributed by atoms with van der Waals surface area (Å²) >= 11 is 7.32. The molecule has 126 valence electrons. The molecule has 1 saturated heterocycles. The van der Waals surface area contributed by atoms with Crippen LogP contribution in [0.4, 0.5) is 14.5 Å². The number of aromatic nitrogens is 1. The van der Waals surface area contributed by atoms with Crippen LogP contribution in [0.25, 0.3) is 10.9 Å². The quantitative estimate of drug-likeness (QED) is 0.575. The van der Waals surface area contributed by atoms with Crippen molar-refractivity contribution in [3.63, 3.8) is 0 Å². The van der Waals surface area contributed by atoms with E-state index in [1.165, 1.54) is 24.2 Å². The van der Waals surface area contributed by atoms with Crippen LogP contribution in [0.1, 0.15) is 23.7 Å². The number of benzene rings is 1. The van der Waals surface area contributed by atoms with Gasteiger partial charge >= 0.3 is 0 Å². The van der Waals surface area contributed by atoms with Crippen LogP contribution in [0.3, 0.4) is 0 Å². The second-order valence-electron chi connectivity index (χ2n) is 5.48. The predicted octanol–water partition coefficient (Wildman–Crippen LogP) is 5.58. The smallest absolute Gasteiger partial charge is 0.264 e. The molecule has 1 aromatic carbocycles.